The molecule has 0 saturated heterocycles. The van der Waals surface area contributed by atoms with Crippen LogP contribution >= 0.6 is 11.8 Å². The molecular formula is C16H25NO3S. The average molecular weight is 311 g/mol. The van der Waals surface area contributed by atoms with Gasteiger partial charge in [0.25, 0.3) is 5.23 Å². The molecule has 2 saturated carbocycles. The molecule has 4 nitrogen and oxygen atoms in total. The van der Waals surface area contributed by atoms with Gasteiger partial charge in [-0.3, -0.25) is 0 Å². The minimum Gasteiger partial charge on any atom is -0.398 e. The highest BCUT2D eigenvalue weighted by Crippen LogP contribution is 2.65. The number of ether oxygens (including phenoxy) is 1. The lowest BCUT2D eigenvalue weighted by Gasteiger charge is -2.36. The Labute approximate surface area is 131 Å². The van der Waals surface area contributed by atoms with Gasteiger partial charge in [-0.1, -0.05) is 39.1 Å². The van der Waals surface area contributed by atoms with Gasteiger partial charge in [-0.05, 0) is 36.0 Å². The molecular weight excluding hydrogens is 286 g/mol. The summed E-state index contributed by atoms with van der Waals surface area (Å²) in [5.74, 6) is 1.25. The van der Waals surface area contributed by atoms with Crippen molar-refractivity contribution in [2.75, 3.05) is 12.3 Å². The number of nitrogens with zero attached hydrogens (tertiary/aromatic N) is 1. The maximum absolute atomic E-state index is 10.5. The Kier molecular flexibility index (Phi) is 4.83. The summed E-state index contributed by atoms with van der Waals surface area (Å²) in [5, 5.41) is 10.3. The lowest BCUT2D eigenvalue weighted by molar-refractivity contribution is -0.129. The van der Waals surface area contributed by atoms with Crippen molar-refractivity contribution in [3.8, 4) is 0 Å². The van der Waals surface area contributed by atoms with Crippen molar-refractivity contribution in [3.63, 3.8) is 0 Å². The summed E-state index contributed by atoms with van der Waals surface area (Å²) in [4.78, 5) is 14.4. The monoisotopic (exact) mass is 311 g/mol. The fourth-order valence-corrected chi connectivity index (χ4v) is 4.35. The number of carbonyl (C=O) groups is 1. The van der Waals surface area contributed by atoms with E-state index in [1.54, 1.807) is 0 Å². The van der Waals surface area contributed by atoms with Crippen LogP contribution in [0.2, 0.25) is 0 Å². The van der Waals surface area contributed by atoms with Crippen molar-refractivity contribution in [2.45, 2.75) is 46.1 Å². The number of aliphatic imine (C=N–C) groups is 1. The molecule has 5 heteroatoms. The molecule has 0 radical (unpaired) electrons. The Morgan fingerprint density at radius 2 is 2.24 bits per heavy atom. The summed E-state index contributed by atoms with van der Waals surface area (Å²) in [6.45, 7) is 10.9. The van der Waals surface area contributed by atoms with Crippen LogP contribution < -0.4 is 0 Å². The first kappa shape index (κ1) is 16.6. The molecule has 2 fully saturated rings. The molecule has 1 aliphatic heterocycles. The van der Waals surface area contributed by atoms with E-state index in [1.807, 2.05) is 0 Å². The number of aliphatic hydroxyl groups is 1. The van der Waals surface area contributed by atoms with E-state index in [4.69, 9.17) is 4.74 Å². The van der Waals surface area contributed by atoms with Gasteiger partial charge in [0, 0.05) is 11.8 Å². The fraction of sp³-hybridized carbons (Fsp3) is 0.750. The number of aliphatic hydroxyl groups excluding tert-OH is 1. The van der Waals surface area contributed by atoms with Gasteiger partial charge in [0.05, 0.1) is 12.6 Å². The molecule has 1 heterocycles. The van der Waals surface area contributed by atoms with E-state index in [1.165, 1.54) is 24.6 Å². The van der Waals surface area contributed by atoms with Gasteiger partial charge in [0.1, 0.15) is 0 Å². The summed E-state index contributed by atoms with van der Waals surface area (Å²) in [6.07, 6.45) is 4.70. The predicted octanol–water partition coefficient (Wildman–Crippen LogP) is 3.01. The smallest absolute Gasteiger partial charge is 0.337 e. The van der Waals surface area contributed by atoms with Crippen LogP contribution in [-0.4, -0.2) is 34.7 Å². The molecule has 2 aliphatic carbocycles. The third-order valence-electron chi connectivity index (χ3n) is 5.66. The Hall–Kier alpha value is -0.810. The van der Waals surface area contributed by atoms with Gasteiger partial charge in [0.2, 0.25) is 0 Å². The molecule has 0 aromatic heterocycles. The Morgan fingerprint density at radius 1 is 1.52 bits per heavy atom. The number of fused-ring (bicyclic) bond motifs is 2. The molecule has 1 N–H and O–H groups in total. The van der Waals surface area contributed by atoms with E-state index in [0.717, 1.165) is 30.7 Å². The van der Waals surface area contributed by atoms with E-state index in [-0.39, 0.29) is 11.5 Å². The number of hydrogen-bond acceptors (Lipinski definition) is 5. The zero-order chi connectivity index (χ0) is 15.7. The van der Waals surface area contributed by atoms with Crippen molar-refractivity contribution in [1.29, 1.82) is 0 Å². The number of rotatable bonds is 1. The summed E-state index contributed by atoms with van der Waals surface area (Å²) < 4.78 is 4.72. The number of carbonyl (C=O) groups excluding carboxylic acids is 1. The maximum Gasteiger partial charge on any atom is 0.337 e. The molecule has 0 aromatic carbocycles. The lowest BCUT2D eigenvalue weighted by atomic mass is 9.70. The summed E-state index contributed by atoms with van der Waals surface area (Å²) in [5.41, 5.74) is 0.601. The van der Waals surface area contributed by atoms with Crippen LogP contribution in [0.15, 0.2) is 17.6 Å². The average Bonchev–Trinajstić information content (AvgIpc) is 3.06. The number of hydrogen-bond donors (Lipinski definition) is 1. The van der Waals surface area contributed by atoms with Crippen LogP contribution in [0.5, 0.6) is 0 Å². The van der Waals surface area contributed by atoms with Gasteiger partial charge in [-0.15, -0.1) is 0 Å². The van der Waals surface area contributed by atoms with E-state index < -0.39 is 5.97 Å². The first-order chi connectivity index (χ1) is 9.81. The van der Waals surface area contributed by atoms with Crippen LogP contribution in [0.1, 0.15) is 40.0 Å². The zero-order valence-corrected chi connectivity index (χ0v) is 13.9. The Bertz CT molecular complexity index is 460. The van der Waals surface area contributed by atoms with Crippen molar-refractivity contribution in [1.82, 2.24) is 0 Å². The second-order valence-electron chi connectivity index (χ2n) is 6.75. The van der Waals surface area contributed by atoms with Gasteiger partial charge in [-0.2, -0.15) is 0 Å². The second kappa shape index (κ2) is 6.13. The van der Waals surface area contributed by atoms with Crippen molar-refractivity contribution < 1.29 is 14.6 Å². The Balaban J connectivity index is 0.000000155. The highest BCUT2D eigenvalue weighted by Gasteiger charge is 2.60. The van der Waals surface area contributed by atoms with Crippen LogP contribution in [-0.2, 0) is 9.53 Å². The van der Waals surface area contributed by atoms with E-state index in [9.17, 15) is 9.90 Å². The van der Waals surface area contributed by atoms with Crippen molar-refractivity contribution in [3.05, 3.63) is 12.7 Å². The molecule has 3 rings (SSSR count). The van der Waals surface area contributed by atoms with Gasteiger partial charge in [-0.25, -0.2) is 9.79 Å². The lowest BCUT2D eigenvalue weighted by Crippen LogP contribution is -2.35. The van der Waals surface area contributed by atoms with Gasteiger partial charge < -0.3 is 9.84 Å². The highest BCUT2D eigenvalue weighted by molar-refractivity contribution is 8.13. The van der Waals surface area contributed by atoms with Crippen molar-refractivity contribution >= 4 is 23.0 Å². The first-order valence-corrected chi connectivity index (χ1v) is 8.49. The largest absolute Gasteiger partial charge is 0.398 e. The topological polar surface area (TPSA) is 58.9 Å². The summed E-state index contributed by atoms with van der Waals surface area (Å²) >= 11 is 1.45. The maximum atomic E-state index is 10.5. The van der Waals surface area contributed by atoms with E-state index >= 15 is 0 Å². The fourth-order valence-electron chi connectivity index (χ4n) is 3.67. The van der Waals surface area contributed by atoms with Crippen molar-refractivity contribution in [2.24, 2.45) is 21.7 Å². The zero-order valence-electron chi connectivity index (χ0n) is 13.1. The third kappa shape index (κ3) is 3.04. The highest BCUT2D eigenvalue weighted by atomic mass is 32.2. The molecule has 21 heavy (non-hydrogen) atoms. The molecule has 3 aliphatic rings. The minimum atomic E-state index is -0.437. The summed E-state index contributed by atoms with van der Waals surface area (Å²) in [7, 11) is 0. The van der Waals surface area contributed by atoms with Gasteiger partial charge in [0.15, 0.2) is 0 Å². The molecule has 0 unspecified atom stereocenters. The number of thioether (sulfide) groups is 1. The summed E-state index contributed by atoms with van der Waals surface area (Å²) in [6, 6.07) is 0. The predicted molar refractivity (Wildman–Crippen MR) is 86.3 cm³/mol. The molecule has 0 spiro atoms. The third-order valence-corrected chi connectivity index (χ3v) is 6.51. The number of esters is 1. The van der Waals surface area contributed by atoms with Crippen LogP contribution in [0.3, 0.4) is 0 Å². The quantitative estimate of drug-likeness (QED) is 0.597. The standard InChI is InChI=1S/C10H18O.C6H7NO2S/c1-9(2)7-4-5-10(9,3)8(11)6-7;1-2-5(8)9-6-7-3-4-10-6/h7-8,11H,4-6H2,1-3H3;2H,1,3-4H2/t7-,8+,10-;/m1./s1. The van der Waals surface area contributed by atoms with E-state index in [0.29, 0.717) is 10.6 Å². The van der Waals surface area contributed by atoms with Gasteiger partial charge >= 0.3 is 5.97 Å². The molecule has 0 aromatic rings. The van der Waals surface area contributed by atoms with Crippen LogP contribution in [0.25, 0.3) is 0 Å². The normalized spacial score (nSPS) is 35.7. The van der Waals surface area contributed by atoms with Crippen LogP contribution in [0, 0.1) is 16.7 Å². The molecule has 2 bridgehead atoms. The minimum absolute atomic E-state index is 0.0313. The van der Waals surface area contributed by atoms with E-state index in [2.05, 4.69) is 32.3 Å². The molecule has 3 atom stereocenters. The Morgan fingerprint density at radius 3 is 2.57 bits per heavy atom. The second-order valence-corrected chi connectivity index (χ2v) is 7.79. The molecule has 118 valence electrons. The van der Waals surface area contributed by atoms with Crippen LogP contribution in [0.4, 0.5) is 0 Å². The SMILES string of the molecule is C=CC(=O)OC1=NCCS1.CC1(C)[C@@H]2CC[C@]1(C)[C@@H](O)C2. The molecule has 0 amide bonds. The first-order valence-electron chi connectivity index (χ1n) is 7.51.